The Bertz CT molecular complexity index is 479. The Labute approximate surface area is 120 Å². The van der Waals surface area contributed by atoms with Crippen LogP contribution in [-0.4, -0.2) is 32.7 Å². The van der Waals surface area contributed by atoms with Gasteiger partial charge in [-0.15, -0.1) is 0 Å². The Morgan fingerprint density at radius 3 is 2.95 bits per heavy atom. The molecule has 1 saturated heterocycles. The van der Waals surface area contributed by atoms with Crippen molar-refractivity contribution in [3.05, 3.63) is 29.3 Å². The lowest BCUT2D eigenvalue weighted by molar-refractivity contribution is 0.0924. The minimum atomic E-state index is -0.0323. The van der Waals surface area contributed by atoms with Gasteiger partial charge in [-0.1, -0.05) is 13.0 Å². The predicted octanol–water partition coefficient (Wildman–Crippen LogP) is 2.12. The minimum Gasteiger partial charge on any atom is -0.496 e. The first-order chi connectivity index (χ1) is 9.54. The maximum atomic E-state index is 12.2. The maximum absolute atomic E-state index is 12.2. The third-order valence-corrected chi connectivity index (χ3v) is 4.03. The molecular formula is C16H24N2O2. The van der Waals surface area contributed by atoms with Crippen LogP contribution in [0.25, 0.3) is 0 Å². The Balaban J connectivity index is 1.98. The molecule has 1 atom stereocenters. The van der Waals surface area contributed by atoms with E-state index in [2.05, 4.69) is 17.6 Å². The van der Waals surface area contributed by atoms with E-state index in [0.717, 1.165) is 30.8 Å². The molecule has 1 aromatic carbocycles. The van der Waals surface area contributed by atoms with Gasteiger partial charge in [0.15, 0.2) is 0 Å². The zero-order chi connectivity index (χ0) is 14.6. The van der Waals surface area contributed by atoms with E-state index in [1.54, 1.807) is 13.2 Å². The molecule has 0 aliphatic carbocycles. The zero-order valence-corrected chi connectivity index (χ0v) is 12.6. The number of rotatable bonds is 4. The largest absolute Gasteiger partial charge is 0.496 e. The van der Waals surface area contributed by atoms with Crippen molar-refractivity contribution in [1.82, 2.24) is 10.6 Å². The van der Waals surface area contributed by atoms with Gasteiger partial charge in [-0.3, -0.25) is 4.79 Å². The number of benzene rings is 1. The normalized spacial score (nSPS) is 22.4. The molecule has 4 nitrogen and oxygen atoms in total. The molecule has 20 heavy (non-hydrogen) atoms. The number of aryl methyl sites for hydroxylation is 1. The van der Waals surface area contributed by atoms with E-state index in [1.807, 2.05) is 19.1 Å². The molecule has 4 heteroatoms. The maximum Gasteiger partial charge on any atom is 0.251 e. The van der Waals surface area contributed by atoms with Crippen LogP contribution in [0.3, 0.4) is 0 Å². The van der Waals surface area contributed by atoms with Gasteiger partial charge < -0.3 is 15.4 Å². The monoisotopic (exact) mass is 276 g/mol. The molecule has 0 aromatic heterocycles. The van der Waals surface area contributed by atoms with Gasteiger partial charge in [-0.25, -0.2) is 0 Å². The summed E-state index contributed by atoms with van der Waals surface area (Å²) >= 11 is 0. The number of ether oxygens (including phenoxy) is 1. The van der Waals surface area contributed by atoms with Crippen LogP contribution in [0.15, 0.2) is 18.2 Å². The first-order valence-electron chi connectivity index (χ1n) is 7.18. The summed E-state index contributed by atoms with van der Waals surface area (Å²) in [7, 11) is 1.62. The highest BCUT2D eigenvalue weighted by Gasteiger charge is 2.27. The summed E-state index contributed by atoms with van der Waals surface area (Å²) in [6.07, 6.45) is 2.32. The molecule has 1 unspecified atom stereocenters. The molecule has 0 spiro atoms. The van der Waals surface area contributed by atoms with Crippen molar-refractivity contribution < 1.29 is 9.53 Å². The first kappa shape index (κ1) is 14.9. The lowest BCUT2D eigenvalue weighted by atomic mass is 9.83. The van der Waals surface area contributed by atoms with Crippen LogP contribution in [0.2, 0.25) is 0 Å². The predicted molar refractivity (Wildman–Crippen MR) is 80.3 cm³/mol. The highest BCUT2D eigenvalue weighted by molar-refractivity contribution is 5.94. The quantitative estimate of drug-likeness (QED) is 0.885. The lowest BCUT2D eigenvalue weighted by Crippen LogP contribution is -2.45. The number of hydrogen-bond acceptors (Lipinski definition) is 3. The van der Waals surface area contributed by atoms with Crippen LogP contribution < -0.4 is 15.4 Å². The Morgan fingerprint density at radius 2 is 2.30 bits per heavy atom. The Kier molecular flexibility index (Phi) is 4.65. The molecule has 1 aromatic rings. The summed E-state index contributed by atoms with van der Waals surface area (Å²) in [5.74, 6) is 0.721. The molecule has 1 fully saturated rings. The van der Waals surface area contributed by atoms with E-state index in [0.29, 0.717) is 12.1 Å². The molecular weight excluding hydrogens is 252 g/mol. The number of piperidine rings is 1. The fourth-order valence-corrected chi connectivity index (χ4v) is 2.63. The van der Waals surface area contributed by atoms with Gasteiger partial charge in [0, 0.05) is 18.7 Å². The average molecular weight is 276 g/mol. The van der Waals surface area contributed by atoms with Crippen molar-refractivity contribution in [2.45, 2.75) is 26.7 Å². The SMILES string of the molecule is COc1cc(C(=O)NCC2(C)CCCNC2)ccc1C. The van der Waals surface area contributed by atoms with E-state index in [-0.39, 0.29) is 11.3 Å². The average Bonchev–Trinajstić information content (AvgIpc) is 2.46. The summed E-state index contributed by atoms with van der Waals surface area (Å²) in [6.45, 7) is 6.93. The molecule has 1 heterocycles. The standard InChI is InChI=1S/C16H24N2O2/c1-12-5-6-13(9-14(12)20-3)15(19)18-11-16(2)7-4-8-17-10-16/h5-6,9,17H,4,7-8,10-11H2,1-3H3,(H,18,19). The van der Waals surface area contributed by atoms with Gasteiger partial charge in [0.05, 0.1) is 7.11 Å². The second kappa shape index (κ2) is 6.27. The van der Waals surface area contributed by atoms with E-state index < -0.39 is 0 Å². The van der Waals surface area contributed by atoms with Gasteiger partial charge in [0.2, 0.25) is 0 Å². The van der Waals surface area contributed by atoms with Crippen LogP contribution in [0.1, 0.15) is 35.7 Å². The highest BCUT2D eigenvalue weighted by Crippen LogP contribution is 2.24. The third kappa shape index (κ3) is 3.51. The van der Waals surface area contributed by atoms with Crippen molar-refractivity contribution in [2.24, 2.45) is 5.41 Å². The Morgan fingerprint density at radius 1 is 1.50 bits per heavy atom. The molecule has 1 aliphatic heterocycles. The van der Waals surface area contributed by atoms with Gasteiger partial charge in [-0.05, 0) is 49.4 Å². The molecule has 0 saturated carbocycles. The first-order valence-corrected chi connectivity index (χ1v) is 7.18. The number of hydrogen-bond donors (Lipinski definition) is 2. The number of methoxy groups -OCH3 is 1. The highest BCUT2D eigenvalue weighted by atomic mass is 16.5. The molecule has 0 bridgehead atoms. The fourth-order valence-electron chi connectivity index (χ4n) is 2.63. The second-order valence-corrected chi connectivity index (χ2v) is 5.96. The van der Waals surface area contributed by atoms with Gasteiger partial charge in [-0.2, -0.15) is 0 Å². The van der Waals surface area contributed by atoms with Crippen LogP contribution in [-0.2, 0) is 0 Å². The molecule has 2 N–H and O–H groups in total. The number of amides is 1. The smallest absolute Gasteiger partial charge is 0.251 e. The molecule has 1 amide bonds. The van der Waals surface area contributed by atoms with E-state index in [9.17, 15) is 4.79 Å². The lowest BCUT2D eigenvalue weighted by Gasteiger charge is -2.34. The molecule has 1 aliphatic rings. The van der Waals surface area contributed by atoms with Crippen LogP contribution in [0.5, 0.6) is 5.75 Å². The fraction of sp³-hybridized carbons (Fsp3) is 0.562. The van der Waals surface area contributed by atoms with E-state index in [1.165, 1.54) is 6.42 Å². The summed E-state index contributed by atoms with van der Waals surface area (Å²) in [5, 5.41) is 6.44. The molecule has 0 radical (unpaired) electrons. The van der Waals surface area contributed by atoms with Gasteiger partial charge in [0.25, 0.3) is 5.91 Å². The van der Waals surface area contributed by atoms with Crippen molar-refractivity contribution >= 4 is 5.91 Å². The van der Waals surface area contributed by atoms with Crippen molar-refractivity contribution in [2.75, 3.05) is 26.7 Å². The van der Waals surface area contributed by atoms with Crippen molar-refractivity contribution in [3.63, 3.8) is 0 Å². The topological polar surface area (TPSA) is 50.4 Å². The Hall–Kier alpha value is -1.55. The van der Waals surface area contributed by atoms with Gasteiger partial charge in [0.1, 0.15) is 5.75 Å². The third-order valence-electron chi connectivity index (χ3n) is 4.03. The summed E-state index contributed by atoms with van der Waals surface area (Å²) in [5.41, 5.74) is 1.84. The number of carbonyl (C=O) groups is 1. The van der Waals surface area contributed by atoms with E-state index in [4.69, 9.17) is 4.74 Å². The zero-order valence-electron chi connectivity index (χ0n) is 12.6. The van der Waals surface area contributed by atoms with Crippen LogP contribution >= 0.6 is 0 Å². The van der Waals surface area contributed by atoms with E-state index >= 15 is 0 Å². The van der Waals surface area contributed by atoms with Crippen LogP contribution in [0.4, 0.5) is 0 Å². The molecule has 2 rings (SSSR count). The van der Waals surface area contributed by atoms with Gasteiger partial charge >= 0.3 is 0 Å². The number of carbonyl (C=O) groups excluding carboxylic acids is 1. The second-order valence-electron chi connectivity index (χ2n) is 5.96. The summed E-state index contributed by atoms with van der Waals surface area (Å²) in [6, 6.07) is 5.55. The van der Waals surface area contributed by atoms with Crippen LogP contribution in [0, 0.1) is 12.3 Å². The minimum absolute atomic E-state index is 0.0323. The van der Waals surface area contributed by atoms with Crippen molar-refractivity contribution in [3.8, 4) is 5.75 Å². The summed E-state index contributed by atoms with van der Waals surface area (Å²) < 4.78 is 5.26. The summed E-state index contributed by atoms with van der Waals surface area (Å²) in [4.78, 5) is 12.2. The van der Waals surface area contributed by atoms with Crippen molar-refractivity contribution in [1.29, 1.82) is 0 Å². The number of nitrogens with one attached hydrogen (secondary N) is 2. The molecule has 110 valence electrons.